The molecule has 0 unspecified atom stereocenters. The van der Waals surface area contributed by atoms with Gasteiger partial charge in [0.25, 0.3) is 0 Å². The van der Waals surface area contributed by atoms with Gasteiger partial charge in [0.15, 0.2) is 5.78 Å². The van der Waals surface area contributed by atoms with Crippen LogP contribution in [0.2, 0.25) is 0 Å². The van der Waals surface area contributed by atoms with Gasteiger partial charge in [-0.3, -0.25) is 14.5 Å². The predicted octanol–water partition coefficient (Wildman–Crippen LogP) is 2.69. The Labute approximate surface area is 160 Å². The molecule has 1 aromatic rings. The standard InChI is InChI=1S/C20H28N2O3S/c1-26-18-6-4-16(5-7-18)19(23)8-9-20(24)22-12-10-21(11-13-22)15-17-3-2-14-25-17/h4-7,17H,2-3,8-15H2,1H3/t17-/m0/s1. The summed E-state index contributed by atoms with van der Waals surface area (Å²) in [6.45, 7) is 5.17. The van der Waals surface area contributed by atoms with Crippen molar-refractivity contribution in [3.8, 4) is 0 Å². The van der Waals surface area contributed by atoms with Crippen LogP contribution in [0.3, 0.4) is 0 Å². The molecule has 0 aromatic heterocycles. The van der Waals surface area contributed by atoms with E-state index >= 15 is 0 Å². The van der Waals surface area contributed by atoms with E-state index in [1.165, 1.54) is 0 Å². The van der Waals surface area contributed by atoms with Gasteiger partial charge >= 0.3 is 0 Å². The van der Waals surface area contributed by atoms with Gasteiger partial charge in [-0.25, -0.2) is 0 Å². The van der Waals surface area contributed by atoms with Crippen molar-refractivity contribution in [2.75, 3.05) is 45.6 Å². The van der Waals surface area contributed by atoms with Crippen LogP contribution in [0.4, 0.5) is 0 Å². The lowest BCUT2D eigenvalue weighted by atomic mass is 10.1. The van der Waals surface area contributed by atoms with Crippen molar-refractivity contribution in [2.45, 2.75) is 36.7 Å². The summed E-state index contributed by atoms with van der Waals surface area (Å²) in [4.78, 5) is 30.1. The first-order chi connectivity index (χ1) is 12.7. The number of thioether (sulfide) groups is 1. The van der Waals surface area contributed by atoms with E-state index in [0.717, 1.165) is 57.1 Å². The number of ether oxygens (including phenoxy) is 1. The van der Waals surface area contributed by atoms with Gasteiger partial charge in [0, 0.05) is 62.6 Å². The van der Waals surface area contributed by atoms with Crippen LogP contribution in [0.5, 0.6) is 0 Å². The van der Waals surface area contributed by atoms with Crippen molar-refractivity contribution in [1.29, 1.82) is 0 Å². The van der Waals surface area contributed by atoms with Crippen LogP contribution < -0.4 is 0 Å². The van der Waals surface area contributed by atoms with Crippen LogP contribution >= 0.6 is 11.8 Å². The zero-order valence-corrected chi connectivity index (χ0v) is 16.3. The monoisotopic (exact) mass is 376 g/mol. The lowest BCUT2D eigenvalue weighted by Gasteiger charge is -2.35. The van der Waals surface area contributed by atoms with Gasteiger partial charge in [-0.1, -0.05) is 12.1 Å². The zero-order valence-electron chi connectivity index (χ0n) is 15.5. The molecule has 0 aliphatic carbocycles. The number of ketones is 1. The molecular weight excluding hydrogens is 348 g/mol. The normalized spacial score (nSPS) is 21.1. The number of nitrogens with zero attached hydrogens (tertiary/aromatic N) is 2. The SMILES string of the molecule is CSc1ccc(C(=O)CCC(=O)N2CCN(C[C@@H]3CCCO3)CC2)cc1. The van der Waals surface area contributed by atoms with Gasteiger partial charge in [-0.05, 0) is 31.2 Å². The second-order valence-electron chi connectivity index (χ2n) is 6.97. The number of hydrogen-bond acceptors (Lipinski definition) is 5. The molecule has 26 heavy (non-hydrogen) atoms. The van der Waals surface area contributed by atoms with Crippen molar-refractivity contribution in [3.63, 3.8) is 0 Å². The van der Waals surface area contributed by atoms with E-state index in [4.69, 9.17) is 4.74 Å². The van der Waals surface area contributed by atoms with Crippen LogP contribution in [-0.2, 0) is 9.53 Å². The summed E-state index contributed by atoms with van der Waals surface area (Å²) in [6.07, 6.45) is 5.28. The molecular formula is C20H28N2O3S. The summed E-state index contributed by atoms with van der Waals surface area (Å²) in [5.74, 6) is 0.138. The Hall–Kier alpha value is -1.37. The fraction of sp³-hybridized carbons (Fsp3) is 0.600. The number of rotatable bonds is 7. The second-order valence-corrected chi connectivity index (χ2v) is 7.85. The third kappa shape index (κ3) is 5.32. The molecule has 0 bridgehead atoms. The summed E-state index contributed by atoms with van der Waals surface area (Å²) < 4.78 is 5.69. The maximum Gasteiger partial charge on any atom is 0.223 e. The van der Waals surface area contributed by atoms with Crippen LogP contribution in [-0.4, -0.2) is 73.2 Å². The fourth-order valence-electron chi connectivity index (χ4n) is 3.56. The molecule has 0 radical (unpaired) electrons. The lowest BCUT2D eigenvalue weighted by Crippen LogP contribution is -2.50. The van der Waals surface area contributed by atoms with E-state index in [0.29, 0.717) is 18.1 Å². The largest absolute Gasteiger partial charge is 0.377 e. The van der Waals surface area contributed by atoms with E-state index in [1.54, 1.807) is 11.8 Å². The van der Waals surface area contributed by atoms with E-state index in [-0.39, 0.29) is 18.1 Å². The van der Waals surface area contributed by atoms with Crippen molar-refractivity contribution < 1.29 is 14.3 Å². The first kappa shape index (κ1) is 19.4. The third-order valence-corrected chi connectivity index (χ3v) is 5.93. The summed E-state index contributed by atoms with van der Waals surface area (Å²) in [5.41, 5.74) is 0.692. The fourth-order valence-corrected chi connectivity index (χ4v) is 3.96. The smallest absolute Gasteiger partial charge is 0.223 e. The van der Waals surface area contributed by atoms with E-state index in [9.17, 15) is 9.59 Å². The summed E-state index contributed by atoms with van der Waals surface area (Å²) in [6, 6.07) is 7.60. The summed E-state index contributed by atoms with van der Waals surface area (Å²) in [5, 5.41) is 0. The first-order valence-electron chi connectivity index (χ1n) is 9.44. The van der Waals surface area contributed by atoms with Crippen molar-refractivity contribution >= 4 is 23.5 Å². The molecule has 0 N–H and O–H groups in total. The highest BCUT2D eigenvalue weighted by atomic mass is 32.2. The molecule has 1 aromatic carbocycles. The van der Waals surface area contributed by atoms with Gasteiger partial charge in [-0.15, -0.1) is 11.8 Å². The predicted molar refractivity (Wildman–Crippen MR) is 104 cm³/mol. The van der Waals surface area contributed by atoms with Gasteiger partial charge in [-0.2, -0.15) is 0 Å². The Morgan fingerprint density at radius 3 is 2.46 bits per heavy atom. The number of amides is 1. The van der Waals surface area contributed by atoms with E-state index in [2.05, 4.69) is 4.90 Å². The minimum absolute atomic E-state index is 0.0445. The Morgan fingerprint density at radius 2 is 1.85 bits per heavy atom. The average Bonchev–Trinajstić information content (AvgIpc) is 3.19. The molecule has 5 nitrogen and oxygen atoms in total. The molecule has 6 heteroatoms. The minimum Gasteiger partial charge on any atom is -0.377 e. The maximum atomic E-state index is 12.4. The molecule has 2 aliphatic heterocycles. The zero-order chi connectivity index (χ0) is 18.4. The molecule has 2 aliphatic rings. The van der Waals surface area contributed by atoms with Crippen LogP contribution in [0.1, 0.15) is 36.0 Å². The molecule has 142 valence electrons. The summed E-state index contributed by atoms with van der Waals surface area (Å²) in [7, 11) is 0. The molecule has 1 amide bonds. The number of carbonyl (C=O) groups excluding carboxylic acids is 2. The topological polar surface area (TPSA) is 49.9 Å². The molecule has 2 fully saturated rings. The highest BCUT2D eigenvalue weighted by molar-refractivity contribution is 7.98. The minimum atomic E-state index is 0.0445. The van der Waals surface area contributed by atoms with Crippen molar-refractivity contribution in [2.24, 2.45) is 0 Å². The average molecular weight is 377 g/mol. The second kappa shape index (κ2) is 9.53. The molecule has 0 saturated carbocycles. The molecule has 2 saturated heterocycles. The Morgan fingerprint density at radius 1 is 1.12 bits per heavy atom. The van der Waals surface area contributed by atoms with Gasteiger partial charge in [0.2, 0.25) is 5.91 Å². The Balaban J connectivity index is 1.38. The Kier molecular flexibility index (Phi) is 7.11. The van der Waals surface area contributed by atoms with Crippen LogP contribution in [0, 0.1) is 0 Å². The van der Waals surface area contributed by atoms with Crippen molar-refractivity contribution in [1.82, 2.24) is 9.80 Å². The molecule has 0 spiro atoms. The highest BCUT2D eigenvalue weighted by Gasteiger charge is 2.25. The number of hydrogen-bond donors (Lipinski definition) is 0. The quantitative estimate of drug-likeness (QED) is 0.541. The first-order valence-corrected chi connectivity index (χ1v) is 10.7. The van der Waals surface area contributed by atoms with Gasteiger partial charge in [0.1, 0.15) is 0 Å². The number of Topliss-reactive ketones (excluding diaryl/α,β-unsaturated/α-hetero) is 1. The molecule has 1 atom stereocenters. The van der Waals surface area contributed by atoms with Gasteiger partial charge in [0.05, 0.1) is 6.10 Å². The maximum absolute atomic E-state index is 12.4. The third-order valence-electron chi connectivity index (χ3n) is 5.19. The summed E-state index contributed by atoms with van der Waals surface area (Å²) >= 11 is 1.65. The number of benzene rings is 1. The molecule has 3 rings (SSSR count). The van der Waals surface area contributed by atoms with E-state index < -0.39 is 0 Å². The number of piperazine rings is 1. The van der Waals surface area contributed by atoms with Crippen LogP contribution in [0.25, 0.3) is 0 Å². The Bertz CT molecular complexity index is 606. The number of carbonyl (C=O) groups is 2. The molecule has 2 heterocycles. The lowest BCUT2D eigenvalue weighted by molar-refractivity contribution is -0.133. The van der Waals surface area contributed by atoms with Crippen LogP contribution in [0.15, 0.2) is 29.2 Å². The highest BCUT2D eigenvalue weighted by Crippen LogP contribution is 2.17. The van der Waals surface area contributed by atoms with Crippen molar-refractivity contribution in [3.05, 3.63) is 29.8 Å². The van der Waals surface area contributed by atoms with Gasteiger partial charge < -0.3 is 9.64 Å². The van der Waals surface area contributed by atoms with E-state index in [1.807, 2.05) is 35.4 Å².